The third-order valence-corrected chi connectivity index (χ3v) is 5.18. The van der Waals surface area contributed by atoms with E-state index in [0.717, 1.165) is 10.8 Å². The maximum absolute atomic E-state index is 12.8. The van der Waals surface area contributed by atoms with Gasteiger partial charge < -0.3 is 9.47 Å². The molecule has 0 amide bonds. The van der Waals surface area contributed by atoms with E-state index in [2.05, 4.69) is 14.8 Å². The van der Waals surface area contributed by atoms with Crippen LogP contribution in [-0.4, -0.2) is 32.1 Å². The molecule has 5 rings (SSSR count). The van der Waals surface area contributed by atoms with Crippen LogP contribution in [0.5, 0.6) is 11.6 Å². The summed E-state index contributed by atoms with van der Waals surface area (Å²) in [4.78, 5) is 17.1. The molecular weight excluding hydrogens is 449 g/mol. The monoisotopic (exact) mass is 466 g/mol. The Bertz CT molecular complexity index is 1520. The van der Waals surface area contributed by atoms with Crippen LogP contribution in [0.1, 0.15) is 0 Å². The van der Waals surface area contributed by atoms with Crippen molar-refractivity contribution in [2.24, 2.45) is 0 Å². The number of fused-ring (bicyclic) bond motifs is 2. The second-order valence-corrected chi connectivity index (χ2v) is 7.41. The van der Waals surface area contributed by atoms with Gasteiger partial charge in [-0.15, -0.1) is 18.3 Å². The second kappa shape index (κ2) is 8.54. The first-order chi connectivity index (χ1) is 16.4. The van der Waals surface area contributed by atoms with Gasteiger partial charge in [-0.1, -0.05) is 30.3 Å². The normalized spacial score (nSPS) is 11.7. The summed E-state index contributed by atoms with van der Waals surface area (Å²) < 4.78 is 49.4. The fourth-order valence-electron chi connectivity index (χ4n) is 3.62. The van der Waals surface area contributed by atoms with Gasteiger partial charge in [-0.25, -0.2) is 18.9 Å². The number of benzene rings is 2. The van der Waals surface area contributed by atoms with Crippen molar-refractivity contribution in [1.29, 1.82) is 0 Å². The highest BCUT2D eigenvalue weighted by molar-refractivity contribution is 5.86. The van der Waals surface area contributed by atoms with Crippen molar-refractivity contribution in [2.75, 3.05) is 6.61 Å². The van der Waals surface area contributed by atoms with Gasteiger partial charge in [-0.05, 0) is 52.9 Å². The molecule has 0 unspecified atom stereocenters. The summed E-state index contributed by atoms with van der Waals surface area (Å²) in [7, 11) is 0. The number of rotatable bonds is 6. The zero-order valence-electron chi connectivity index (χ0n) is 17.6. The predicted octanol–water partition coefficient (Wildman–Crippen LogP) is 4.69. The fraction of sp³-hybridized carbons (Fsp3) is 0.125. The molecule has 0 aliphatic carbocycles. The average Bonchev–Trinajstić information content (AvgIpc) is 3.13. The Kier molecular flexibility index (Phi) is 5.40. The Morgan fingerprint density at radius 2 is 1.68 bits per heavy atom. The molecule has 5 aromatic rings. The molecule has 10 heteroatoms. The lowest BCUT2D eigenvalue weighted by molar-refractivity contribution is -0.274. The first kappa shape index (κ1) is 21.5. The van der Waals surface area contributed by atoms with Crippen LogP contribution in [0.25, 0.3) is 27.5 Å². The molecular formula is C24H17F3N4O3. The van der Waals surface area contributed by atoms with E-state index in [4.69, 9.17) is 4.74 Å². The Hall–Kier alpha value is -4.34. The molecule has 2 aromatic carbocycles. The van der Waals surface area contributed by atoms with Crippen molar-refractivity contribution in [3.8, 4) is 22.8 Å². The van der Waals surface area contributed by atoms with Gasteiger partial charge in [-0.3, -0.25) is 0 Å². The van der Waals surface area contributed by atoms with Crippen molar-refractivity contribution < 1.29 is 22.6 Å². The molecule has 0 fully saturated rings. The molecule has 0 saturated carbocycles. The predicted molar refractivity (Wildman–Crippen MR) is 119 cm³/mol. The van der Waals surface area contributed by atoms with E-state index in [-0.39, 0.29) is 24.6 Å². The number of aromatic nitrogens is 4. The van der Waals surface area contributed by atoms with Crippen molar-refractivity contribution in [1.82, 2.24) is 19.2 Å². The van der Waals surface area contributed by atoms with Gasteiger partial charge in [0.05, 0.1) is 6.54 Å². The molecule has 0 spiro atoms. The minimum Gasteiger partial charge on any atom is -0.475 e. The smallest absolute Gasteiger partial charge is 0.475 e. The topological polar surface area (TPSA) is 70.7 Å². The number of alkyl halides is 3. The number of hydrogen-bond acceptors (Lipinski definition) is 5. The van der Waals surface area contributed by atoms with E-state index in [1.165, 1.54) is 33.3 Å². The van der Waals surface area contributed by atoms with Crippen molar-refractivity contribution >= 4 is 16.4 Å². The Balaban J connectivity index is 1.33. The van der Waals surface area contributed by atoms with Crippen LogP contribution in [0.2, 0.25) is 0 Å². The Morgan fingerprint density at radius 1 is 0.912 bits per heavy atom. The van der Waals surface area contributed by atoms with E-state index in [0.29, 0.717) is 22.7 Å². The molecule has 172 valence electrons. The SMILES string of the molecule is O=c1n(CCOc2nccc3ccccc23)nc2ccc(-c3ccc(OC(F)(F)F)cc3)cn12. The summed E-state index contributed by atoms with van der Waals surface area (Å²) in [5.74, 6) is 0.165. The van der Waals surface area contributed by atoms with Crippen LogP contribution >= 0.6 is 0 Å². The zero-order valence-corrected chi connectivity index (χ0v) is 17.6. The first-order valence-corrected chi connectivity index (χ1v) is 10.3. The van der Waals surface area contributed by atoms with Gasteiger partial charge in [-0.2, -0.15) is 0 Å². The molecule has 0 N–H and O–H groups in total. The number of pyridine rings is 2. The van der Waals surface area contributed by atoms with Gasteiger partial charge in [0.25, 0.3) is 0 Å². The van der Waals surface area contributed by atoms with Crippen LogP contribution < -0.4 is 15.2 Å². The van der Waals surface area contributed by atoms with Crippen molar-refractivity contribution in [2.45, 2.75) is 12.9 Å². The summed E-state index contributed by atoms with van der Waals surface area (Å²) in [6.07, 6.45) is -1.50. The highest BCUT2D eigenvalue weighted by atomic mass is 19.4. The molecule has 0 aliphatic rings. The molecule has 7 nitrogen and oxygen atoms in total. The number of halogens is 3. The van der Waals surface area contributed by atoms with Gasteiger partial charge in [0.2, 0.25) is 5.88 Å². The van der Waals surface area contributed by atoms with Crippen molar-refractivity contribution in [3.63, 3.8) is 0 Å². The average molecular weight is 466 g/mol. The molecule has 3 aromatic heterocycles. The molecule has 0 bridgehead atoms. The minimum atomic E-state index is -4.75. The second-order valence-electron chi connectivity index (χ2n) is 7.41. The highest BCUT2D eigenvalue weighted by Gasteiger charge is 2.31. The van der Waals surface area contributed by atoms with Gasteiger partial charge in [0, 0.05) is 17.8 Å². The summed E-state index contributed by atoms with van der Waals surface area (Å²) in [6, 6.07) is 18.4. The quantitative estimate of drug-likeness (QED) is 0.363. The number of hydrogen-bond donors (Lipinski definition) is 0. The van der Waals surface area contributed by atoms with E-state index in [1.54, 1.807) is 24.5 Å². The molecule has 0 aliphatic heterocycles. The molecule has 0 saturated heterocycles. The van der Waals surface area contributed by atoms with Crippen LogP contribution in [0.15, 0.2) is 83.9 Å². The van der Waals surface area contributed by atoms with E-state index in [1.807, 2.05) is 30.3 Å². The third kappa shape index (κ3) is 4.42. The van der Waals surface area contributed by atoms with Crippen LogP contribution in [0, 0.1) is 0 Å². The molecule has 3 heterocycles. The summed E-state index contributed by atoms with van der Waals surface area (Å²) >= 11 is 0. The maximum Gasteiger partial charge on any atom is 0.573 e. The van der Waals surface area contributed by atoms with Crippen molar-refractivity contribution in [3.05, 3.63) is 89.6 Å². The van der Waals surface area contributed by atoms with E-state index >= 15 is 0 Å². The lowest BCUT2D eigenvalue weighted by Gasteiger charge is -2.09. The first-order valence-electron chi connectivity index (χ1n) is 10.3. The van der Waals surface area contributed by atoms with Gasteiger partial charge in [0.1, 0.15) is 12.4 Å². The van der Waals surface area contributed by atoms with E-state index < -0.39 is 6.36 Å². The fourth-order valence-corrected chi connectivity index (χ4v) is 3.62. The highest BCUT2D eigenvalue weighted by Crippen LogP contribution is 2.26. The summed E-state index contributed by atoms with van der Waals surface area (Å²) in [5, 5.41) is 6.20. The molecule has 0 radical (unpaired) electrons. The largest absolute Gasteiger partial charge is 0.573 e. The molecule has 0 atom stereocenters. The summed E-state index contributed by atoms with van der Waals surface area (Å²) in [6.45, 7) is 0.405. The van der Waals surface area contributed by atoms with Crippen LogP contribution in [0.3, 0.4) is 0 Å². The zero-order chi connectivity index (χ0) is 23.7. The standard InChI is InChI=1S/C24H17F3N4O3/c25-24(26,27)34-19-8-5-16(6-9-19)18-7-10-21-29-31(23(32)30(21)15-18)13-14-33-22-20-4-2-1-3-17(20)11-12-28-22/h1-12,15H,13-14H2. The third-order valence-electron chi connectivity index (χ3n) is 5.18. The van der Waals surface area contributed by atoms with E-state index in [9.17, 15) is 18.0 Å². The maximum atomic E-state index is 12.8. The number of nitrogens with zero attached hydrogens (tertiary/aromatic N) is 4. The molecule has 34 heavy (non-hydrogen) atoms. The van der Waals surface area contributed by atoms with Crippen LogP contribution in [-0.2, 0) is 6.54 Å². The summed E-state index contributed by atoms with van der Waals surface area (Å²) in [5.41, 5.74) is 1.35. The minimum absolute atomic E-state index is 0.193. The van der Waals surface area contributed by atoms with Gasteiger partial charge in [0.15, 0.2) is 5.65 Å². The Morgan fingerprint density at radius 3 is 2.47 bits per heavy atom. The lowest BCUT2D eigenvalue weighted by Crippen LogP contribution is -2.24. The number of ether oxygens (including phenoxy) is 2. The lowest BCUT2D eigenvalue weighted by atomic mass is 10.1. The Labute approximate surface area is 190 Å². The van der Waals surface area contributed by atoms with Crippen LogP contribution in [0.4, 0.5) is 13.2 Å². The van der Waals surface area contributed by atoms with Gasteiger partial charge >= 0.3 is 12.1 Å².